The van der Waals surface area contributed by atoms with E-state index >= 15 is 0 Å². The van der Waals surface area contributed by atoms with Gasteiger partial charge in [-0.15, -0.1) is 0 Å². The van der Waals surface area contributed by atoms with Crippen molar-refractivity contribution in [2.45, 2.75) is 13.3 Å². The van der Waals surface area contributed by atoms with Crippen LogP contribution in [0.3, 0.4) is 0 Å². The third-order valence-electron chi connectivity index (χ3n) is 2.66. The van der Waals surface area contributed by atoms with E-state index in [4.69, 9.17) is 0 Å². The Kier molecular flexibility index (Phi) is 3.11. The molecule has 0 fully saturated rings. The van der Waals surface area contributed by atoms with Gasteiger partial charge in [0.2, 0.25) is 0 Å². The molecule has 1 amide bonds. The van der Waals surface area contributed by atoms with Crippen molar-refractivity contribution in [3.8, 4) is 0 Å². The van der Waals surface area contributed by atoms with Crippen LogP contribution in [0, 0.1) is 0 Å². The van der Waals surface area contributed by atoms with Crippen LogP contribution in [0.4, 0.5) is 5.69 Å². The highest BCUT2D eigenvalue weighted by Crippen LogP contribution is 2.31. The summed E-state index contributed by atoms with van der Waals surface area (Å²) in [5.74, 6) is -1.24. The van der Waals surface area contributed by atoms with E-state index in [2.05, 4.69) is 15.9 Å². The maximum Gasteiger partial charge on any atom is 0.299 e. The highest BCUT2D eigenvalue weighted by atomic mass is 79.9. The molecule has 0 bridgehead atoms. The molecule has 4 nitrogen and oxygen atoms in total. The third-order valence-corrected chi connectivity index (χ3v) is 3.16. The molecule has 88 valence electrons. The van der Waals surface area contributed by atoms with Crippen LogP contribution >= 0.6 is 15.9 Å². The molecule has 0 N–H and O–H groups in total. The number of amides is 1. The summed E-state index contributed by atoms with van der Waals surface area (Å²) in [4.78, 5) is 36.1. The maximum absolute atomic E-state index is 11.7. The normalized spacial score (nSPS) is 14.1. The number of benzene rings is 1. The van der Waals surface area contributed by atoms with Crippen molar-refractivity contribution < 1.29 is 14.4 Å². The Morgan fingerprint density at radius 3 is 2.71 bits per heavy atom. The SMILES string of the molecule is CCC(=O)CN1C(=O)C(=O)c2cc(Br)ccc21. The van der Waals surface area contributed by atoms with Crippen molar-refractivity contribution >= 4 is 39.1 Å². The van der Waals surface area contributed by atoms with E-state index in [1.165, 1.54) is 4.90 Å². The summed E-state index contributed by atoms with van der Waals surface area (Å²) in [7, 11) is 0. The minimum Gasteiger partial charge on any atom is -0.298 e. The van der Waals surface area contributed by atoms with Crippen LogP contribution in [0.15, 0.2) is 22.7 Å². The minimum absolute atomic E-state index is 0.0320. The topological polar surface area (TPSA) is 54.5 Å². The fraction of sp³-hybridized carbons (Fsp3) is 0.250. The molecule has 0 unspecified atom stereocenters. The molecule has 0 atom stereocenters. The van der Waals surface area contributed by atoms with Crippen LogP contribution in [-0.2, 0) is 9.59 Å². The number of fused-ring (bicyclic) bond motifs is 1. The summed E-state index contributed by atoms with van der Waals surface area (Å²) in [5, 5.41) is 0. The Balaban J connectivity index is 2.41. The van der Waals surface area contributed by atoms with Gasteiger partial charge >= 0.3 is 0 Å². The largest absolute Gasteiger partial charge is 0.299 e. The highest BCUT2D eigenvalue weighted by molar-refractivity contribution is 9.10. The van der Waals surface area contributed by atoms with E-state index in [9.17, 15) is 14.4 Å². The van der Waals surface area contributed by atoms with E-state index in [0.29, 0.717) is 17.7 Å². The van der Waals surface area contributed by atoms with Crippen molar-refractivity contribution in [3.05, 3.63) is 28.2 Å². The number of anilines is 1. The zero-order valence-corrected chi connectivity index (χ0v) is 10.8. The van der Waals surface area contributed by atoms with E-state index in [1.807, 2.05) is 0 Å². The second-order valence-corrected chi connectivity index (χ2v) is 4.69. The van der Waals surface area contributed by atoms with Gasteiger partial charge in [0, 0.05) is 10.9 Å². The first-order valence-electron chi connectivity index (χ1n) is 5.22. The van der Waals surface area contributed by atoms with Crippen molar-refractivity contribution in [1.29, 1.82) is 0 Å². The molecule has 0 radical (unpaired) electrons. The van der Waals surface area contributed by atoms with Crippen molar-refractivity contribution in [2.24, 2.45) is 0 Å². The predicted octanol–water partition coefficient (Wildman–Crippen LogP) is 1.96. The van der Waals surface area contributed by atoms with Gasteiger partial charge in [0.1, 0.15) is 0 Å². The van der Waals surface area contributed by atoms with Crippen LogP contribution in [0.1, 0.15) is 23.7 Å². The van der Waals surface area contributed by atoms with E-state index < -0.39 is 11.7 Å². The summed E-state index contributed by atoms with van der Waals surface area (Å²) in [6, 6.07) is 5.02. The van der Waals surface area contributed by atoms with Crippen LogP contribution in [0.25, 0.3) is 0 Å². The molecule has 0 saturated carbocycles. The van der Waals surface area contributed by atoms with Crippen molar-refractivity contribution in [2.75, 3.05) is 11.4 Å². The monoisotopic (exact) mass is 295 g/mol. The van der Waals surface area contributed by atoms with Crippen molar-refractivity contribution in [3.63, 3.8) is 0 Å². The molecule has 0 aromatic heterocycles. The lowest BCUT2D eigenvalue weighted by atomic mass is 10.1. The Morgan fingerprint density at radius 1 is 1.35 bits per heavy atom. The first-order chi connectivity index (χ1) is 8.04. The third kappa shape index (κ3) is 2.02. The lowest BCUT2D eigenvalue weighted by Gasteiger charge is -2.14. The fourth-order valence-corrected chi connectivity index (χ4v) is 2.08. The van der Waals surface area contributed by atoms with Crippen LogP contribution in [0.2, 0.25) is 0 Å². The molecular formula is C12H10BrNO3. The molecule has 0 aliphatic carbocycles. The van der Waals surface area contributed by atoms with Crippen LogP contribution in [-0.4, -0.2) is 24.0 Å². The zero-order valence-electron chi connectivity index (χ0n) is 9.20. The molecular weight excluding hydrogens is 286 g/mol. The molecule has 1 aliphatic rings. The van der Waals surface area contributed by atoms with Crippen LogP contribution < -0.4 is 4.90 Å². The molecule has 17 heavy (non-hydrogen) atoms. The van der Waals surface area contributed by atoms with Gasteiger partial charge < -0.3 is 0 Å². The number of rotatable bonds is 3. The number of halogens is 1. The number of Topliss-reactive ketones (excluding diaryl/α,β-unsaturated/α-hetero) is 2. The molecule has 1 heterocycles. The van der Waals surface area contributed by atoms with Crippen LogP contribution in [0.5, 0.6) is 0 Å². The van der Waals surface area contributed by atoms with Gasteiger partial charge in [-0.2, -0.15) is 0 Å². The van der Waals surface area contributed by atoms with E-state index in [-0.39, 0.29) is 12.3 Å². The van der Waals surface area contributed by atoms with Gasteiger partial charge in [-0.25, -0.2) is 0 Å². The number of nitrogens with zero attached hydrogens (tertiary/aromatic N) is 1. The summed E-state index contributed by atoms with van der Waals surface area (Å²) >= 11 is 3.25. The Bertz CT molecular complexity index is 524. The van der Waals surface area contributed by atoms with E-state index in [1.54, 1.807) is 25.1 Å². The average molecular weight is 296 g/mol. The van der Waals surface area contributed by atoms with Crippen molar-refractivity contribution in [1.82, 2.24) is 0 Å². The Hall–Kier alpha value is -1.49. The quantitative estimate of drug-likeness (QED) is 0.801. The van der Waals surface area contributed by atoms with Gasteiger partial charge in [0.25, 0.3) is 11.7 Å². The molecule has 5 heteroatoms. The Labute approximate surface area is 107 Å². The standard InChI is InChI=1S/C12H10BrNO3/c1-2-8(15)6-14-10-4-3-7(13)5-9(10)11(16)12(14)17/h3-5H,2,6H2,1H3. The molecule has 1 aromatic carbocycles. The smallest absolute Gasteiger partial charge is 0.298 e. The fourth-order valence-electron chi connectivity index (χ4n) is 1.72. The summed E-state index contributed by atoms with van der Waals surface area (Å²) < 4.78 is 0.737. The Morgan fingerprint density at radius 2 is 2.06 bits per heavy atom. The second kappa shape index (κ2) is 4.41. The minimum atomic E-state index is -0.625. The van der Waals surface area contributed by atoms with Gasteiger partial charge in [0.05, 0.1) is 17.8 Å². The number of hydrogen-bond acceptors (Lipinski definition) is 3. The number of carbonyl (C=O) groups excluding carboxylic acids is 3. The molecule has 0 saturated heterocycles. The highest BCUT2D eigenvalue weighted by Gasteiger charge is 2.36. The average Bonchev–Trinajstić information content (AvgIpc) is 2.54. The molecule has 0 spiro atoms. The van der Waals surface area contributed by atoms with Gasteiger partial charge in [0.15, 0.2) is 5.78 Å². The molecule has 1 aliphatic heterocycles. The maximum atomic E-state index is 11.7. The number of ketones is 2. The second-order valence-electron chi connectivity index (χ2n) is 3.77. The first-order valence-corrected chi connectivity index (χ1v) is 6.01. The van der Waals surface area contributed by atoms with Gasteiger partial charge in [-0.05, 0) is 18.2 Å². The van der Waals surface area contributed by atoms with Gasteiger partial charge in [-0.3, -0.25) is 19.3 Å². The zero-order chi connectivity index (χ0) is 12.6. The molecule has 1 aromatic rings. The predicted molar refractivity (Wildman–Crippen MR) is 66.1 cm³/mol. The lowest BCUT2D eigenvalue weighted by Crippen LogP contribution is -2.34. The summed E-state index contributed by atoms with van der Waals surface area (Å²) in [6.45, 7) is 1.70. The van der Waals surface area contributed by atoms with E-state index in [0.717, 1.165) is 4.47 Å². The summed E-state index contributed by atoms with van der Waals surface area (Å²) in [6.07, 6.45) is 0.351. The lowest BCUT2D eigenvalue weighted by molar-refractivity contribution is -0.120. The number of carbonyl (C=O) groups is 3. The number of hydrogen-bond donors (Lipinski definition) is 0. The van der Waals surface area contributed by atoms with Gasteiger partial charge in [-0.1, -0.05) is 22.9 Å². The molecule has 2 rings (SSSR count). The first kappa shape index (κ1) is 12.0. The summed E-state index contributed by atoms with van der Waals surface area (Å²) in [5.41, 5.74) is 0.873.